The van der Waals surface area contributed by atoms with Gasteiger partial charge in [0.2, 0.25) is 5.88 Å². The Morgan fingerprint density at radius 2 is 2.07 bits per heavy atom. The number of hydrogen-bond donors (Lipinski definition) is 0. The number of pyridine rings is 1. The Bertz CT molecular complexity index is 1240. The van der Waals surface area contributed by atoms with E-state index in [-0.39, 0.29) is 5.92 Å². The number of fused-ring (bicyclic) bond motifs is 3. The molecule has 150 valence electrons. The highest BCUT2D eigenvalue weighted by atomic mass is 16.6. The van der Waals surface area contributed by atoms with Crippen LogP contribution in [-0.2, 0) is 20.0 Å². The molecule has 0 saturated heterocycles. The molecule has 6 nitrogen and oxygen atoms in total. The summed E-state index contributed by atoms with van der Waals surface area (Å²) >= 11 is 0. The normalized spacial score (nSPS) is 17.4. The van der Waals surface area contributed by atoms with Crippen LogP contribution in [0.15, 0.2) is 60.1 Å². The molecule has 0 spiro atoms. The summed E-state index contributed by atoms with van der Waals surface area (Å²) in [7, 11) is 4.15. The van der Waals surface area contributed by atoms with Gasteiger partial charge in [0.25, 0.3) is 0 Å². The smallest absolute Gasteiger partial charge is 0.248 e. The summed E-state index contributed by atoms with van der Waals surface area (Å²) in [5, 5.41) is 5.91. The summed E-state index contributed by atoms with van der Waals surface area (Å²) in [6.45, 7) is 2.87. The van der Waals surface area contributed by atoms with Crippen LogP contribution in [0, 0.1) is 12.8 Å². The molecule has 4 aromatic rings. The molecule has 5 rings (SSSR count). The van der Waals surface area contributed by atoms with Crippen LogP contribution in [0.1, 0.15) is 23.5 Å². The molecule has 0 amide bonds. The predicted molar refractivity (Wildman–Crippen MR) is 121 cm³/mol. The lowest BCUT2D eigenvalue weighted by Crippen LogP contribution is -2.28. The first-order chi connectivity index (χ1) is 14.6. The van der Waals surface area contributed by atoms with E-state index < -0.39 is 0 Å². The van der Waals surface area contributed by atoms with Crippen molar-refractivity contribution in [1.82, 2.24) is 19.1 Å². The standard InChI is InChI=1S/C23H24BN5O/c1-15-25-11-12-29(15)14-16-7-9-20-22(18-5-3-4-6-19(18)28(20)2)23(16)27-30-21-10-8-17(24)13-26-21/h3-6,8,10-13,16H,7,9,14,24H2,1-2H3/b27-23+. The van der Waals surface area contributed by atoms with Crippen molar-refractivity contribution in [2.75, 3.05) is 0 Å². The van der Waals surface area contributed by atoms with Gasteiger partial charge in [-0.3, -0.25) is 0 Å². The quantitative estimate of drug-likeness (QED) is 0.393. The monoisotopic (exact) mass is 397 g/mol. The van der Waals surface area contributed by atoms with Crippen LogP contribution in [0.25, 0.3) is 10.9 Å². The van der Waals surface area contributed by atoms with Crippen LogP contribution in [0.3, 0.4) is 0 Å². The minimum absolute atomic E-state index is 0.238. The Kier molecular flexibility index (Phi) is 4.66. The molecule has 1 aliphatic rings. The zero-order valence-electron chi connectivity index (χ0n) is 17.5. The maximum absolute atomic E-state index is 5.84. The van der Waals surface area contributed by atoms with Crippen molar-refractivity contribution < 1.29 is 4.84 Å². The van der Waals surface area contributed by atoms with Gasteiger partial charge in [0.05, 0.1) is 5.71 Å². The van der Waals surface area contributed by atoms with Crippen molar-refractivity contribution >= 4 is 29.9 Å². The average Bonchev–Trinajstić information content (AvgIpc) is 3.30. The number of aromatic nitrogens is 4. The Balaban J connectivity index is 1.60. The minimum atomic E-state index is 0.238. The lowest BCUT2D eigenvalue weighted by atomic mass is 9.84. The van der Waals surface area contributed by atoms with Gasteiger partial charge in [-0.15, -0.1) is 0 Å². The highest BCUT2D eigenvalue weighted by molar-refractivity contribution is 6.32. The fourth-order valence-corrected chi connectivity index (χ4v) is 4.41. The number of hydrogen-bond acceptors (Lipinski definition) is 4. The van der Waals surface area contributed by atoms with E-state index in [4.69, 9.17) is 4.84 Å². The van der Waals surface area contributed by atoms with Crippen LogP contribution < -0.4 is 10.3 Å². The summed E-state index contributed by atoms with van der Waals surface area (Å²) in [6.07, 6.45) is 7.71. The second-order valence-electron chi connectivity index (χ2n) is 8.00. The summed E-state index contributed by atoms with van der Waals surface area (Å²) in [5.41, 5.74) is 5.83. The van der Waals surface area contributed by atoms with Crippen molar-refractivity contribution in [1.29, 1.82) is 0 Å². The number of benzene rings is 1. The number of rotatable bonds is 4. The molecule has 1 aromatic carbocycles. The first-order valence-corrected chi connectivity index (χ1v) is 10.3. The zero-order valence-corrected chi connectivity index (χ0v) is 17.5. The molecule has 0 fully saturated rings. The van der Waals surface area contributed by atoms with E-state index >= 15 is 0 Å². The van der Waals surface area contributed by atoms with Crippen molar-refractivity contribution in [2.45, 2.75) is 26.3 Å². The maximum Gasteiger partial charge on any atom is 0.248 e. The molecular weight excluding hydrogens is 373 g/mol. The van der Waals surface area contributed by atoms with Crippen LogP contribution in [0.5, 0.6) is 5.88 Å². The Labute approximate surface area is 176 Å². The molecule has 7 heteroatoms. The summed E-state index contributed by atoms with van der Waals surface area (Å²) in [6, 6.07) is 12.4. The Hall–Kier alpha value is -3.35. The van der Waals surface area contributed by atoms with Crippen molar-refractivity contribution in [3.63, 3.8) is 0 Å². The maximum atomic E-state index is 5.84. The van der Waals surface area contributed by atoms with E-state index in [2.05, 4.69) is 55.6 Å². The Morgan fingerprint density at radius 1 is 1.20 bits per heavy atom. The van der Waals surface area contributed by atoms with E-state index in [1.54, 1.807) is 6.20 Å². The molecule has 0 N–H and O–H groups in total. The molecule has 1 atom stereocenters. The molecule has 3 aromatic heterocycles. The number of para-hydroxylation sites is 1. The van der Waals surface area contributed by atoms with E-state index in [0.717, 1.165) is 36.4 Å². The highest BCUT2D eigenvalue weighted by Gasteiger charge is 2.31. The number of oxime groups is 1. The van der Waals surface area contributed by atoms with E-state index in [1.807, 2.05) is 39.3 Å². The number of nitrogens with zero attached hydrogens (tertiary/aromatic N) is 5. The van der Waals surface area contributed by atoms with Crippen LogP contribution in [-0.4, -0.2) is 32.7 Å². The van der Waals surface area contributed by atoms with Crippen molar-refractivity contribution in [3.8, 4) is 5.88 Å². The molecule has 1 unspecified atom stereocenters. The second-order valence-corrected chi connectivity index (χ2v) is 8.00. The molecular formula is C23H24BN5O. The highest BCUT2D eigenvalue weighted by Crippen LogP contribution is 2.35. The van der Waals surface area contributed by atoms with Crippen LogP contribution >= 0.6 is 0 Å². The predicted octanol–water partition coefficient (Wildman–Crippen LogP) is 2.38. The molecule has 0 bridgehead atoms. The van der Waals surface area contributed by atoms with E-state index in [1.165, 1.54) is 22.2 Å². The summed E-state index contributed by atoms with van der Waals surface area (Å²) in [4.78, 5) is 14.6. The van der Waals surface area contributed by atoms with E-state index in [0.29, 0.717) is 5.88 Å². The van der Waals surface area contributed by atoms with Gasteiger partial charge < -0.3 is 14.0 Å². The van der Waals surface area contributed by atoms with Gasteiger partial charge in [-0.25, -0.2) is 9.97 Å². The molecule has 30 heavy (non-hydrogen) atoms. The van der Waals surface area contributed by atoms with Gasteiger partial charge in [0.15, 0.2) is 0 Å². The van der Waals surface area contributed by atoms with Gasteiger partial charge in [0.1, 0.15) is 13.7 Å². The summed E-state index contributed by atoms with van der Waals surface area (Å²) in [5.74, 6) is 1.76. The fraction of sp³-hybridized carbons (Fsp3) is 0.261. The van der Waals surface area contributed by atoms with E-state index in [9.17, 15) is 0 Å². The zero-order chi connectivity index (χ0) is 20.7. The molecule has 0 saturated carbocycles. The number of imidazole rings is 1. The molecule has 3 heterocycles. The third-order valence-electron chi connectivity index (χ3n) is 6.06. The molecule has 0 radical (unpaired) electrons. The first-order valence-electron chi connectivity index (χ1n) is 10.3. The fourth-order valence-electron chi connectivity index (χ4n) is 4.41. The lowest BCUT2D eigenvalue weighted by molar-refractivity contribution is 0.320. The third kappa shape index (κ3) is 3.20. The third-order valence-corrected chi connectivity index (χ3v) is 6.06. The van der Waals surface area contributed by atoms with Crippen molar-refractivity contribution in [3.05, 3.63) is 72.1 Å². The van der Waals surface area contributed by atoms with Crippen LogP contribution in [0.2, 0.25) is 0 Å². The van der Waals surface area contributed by atoms with Crippen LogP contribution in [0.4, 0.5) is 0 Å². The van der Waals surface area contributed by atoms with Crippen molar-refractivity contribution in [2.24, 2.45) is 18.1 Å². The molecule has 1 aliphatic carbocycles. The van der Waals surface area contributed by atoms with Gasteiger partial charge in [-0.1, -0.05) is 34.9 Å². The topological polar surface area (TPSA) is 57.2 Å². The minimum Gasteiger partial charge on any atom is -0.347 e. The summed E-state index contributed by atoms with van der Waals surface area (Å²) < 4.78 is 4.49. The van der Waals surface area contributed by atoms with Gasteiger partial charge in [-0.2, -0.15) is 0 Å². The lowest BCUT2D eigenvalue weighted by Gasteiger charge is -2.26. The Morgan fingerprint density at radius 3 is 2.83 bits per heavy atom. The van der Waals surface area contributed by atoms with Gasteiger partial charge in [-0.05, 0) is 25.8 Å². The molecule has 0 aliphatic heterocycles. The largest absolute Gasteiger partial charge is 0.347 e. The first kappa shape index (κ1) is 18.7. The second kappa shape index (κ2) is 7.48. The van der Waals surface area contributed by atoms with Gasteiger partial charge >= 0.3 is 0 Å². The average molecular weight is 397 g/mol. The van der Waals surface area contributed by atoms with Gasteiger partial charge in [0, 0.05) is 66.3 Å². The SMILES string of the molecule is Bc1ccc(O/N=C2/c3c(n(C)c4ccccc34)CCC2Cn2ccnc2C)nc1. The number of aryl methyl sites for hydroxylation is 2.